The number of aryl methyl sites for hydroxylation is 1. The molecular formula is C16H18F3NO3S2. The van der Waals surface area contributed by atoms with Crippen LogP contribution in [0.15, 0.2) is 36.4 Å². The molecule has 9 heteroatoms. The first-order valence-corrected chi connectivity index (χ1v) is 9.80. The van der Waals surface area contributed by atoms with Crippen molar-refractivity contribution in [3.63, 3.8) is 0 Å². The summed E-state index contributed by atoms with van der Waals surface area (Å²) in [5.74, 6) is -0.398. The molecule has 1 aromatic carbocycles. The standard InChI is InChI=1S/C16H18F3NO3S2/c1-11-3-8-15(24-11)14(23-2)9-20-25(21,22)10-12-4-6-13(7-5-12)16(17,18)19/h3-8,14,20H,9-10H2,1-2H3/t14-/m0/s1. The molecule has 1 atom stereocenters. The number of sulfonamides is 1. The molecule has 1 aromatic heterocycles. The van der Waals surface area contributed by atoms with Crippen molar-refractivity contribution in [2.24, 2.45) is 0 Å². The summed E-state index contributed by atoms with van der Waals surface area (Å²) in [7, 11) is -2.21. The molecule has 0 bridgehead atoms. The molecule has 1 heterocycles. The van der Waals surface area contributed by atoms with Crippen LogP contribution in [0, 0.1) is 6.92 Å². The third-order valence-corrected chi connectivity index (χ3v) is 5.90. The fraction of sp³-hybridized carbons (Fsp3) is 0.375. The van der Waals surface area contributed by atoms with Gasteiger partial charge in [0.1, 0.15) is 6.10 Å². The van der Waals surface area contributed by atoms with Gasteiger partial charge in [-0.05, 0) is 36.8 Å². The van der Waals surface area contributed by atoms with Gasteiger partial charge in [0.15, 0.2) is 0 Å². The van der Waals surface area contributed by atoms with Gasteiger partial charge in [-0.3, -0.25) is 0 Å². The highest BCUT2D eigenvalue weighted by Gasteiger charge is 2.30. The van der Waals surface area contributed by atoms with Gasteiger partial charge in [0.05, 0.1) is 11.3 Å². The third-order valence-electron chi connectivity index (χ3n) is 3.49. The van der Waals surface area contributed by atoms with Crippen LogP contribution in [0.25, 0.3) is 0 Å². The lowest BCUT2D eigenvalue weighted by Crippen LogP contribution is -2.30. The van der Waals surface area contributed by atoms with E-state index >= 15 is 0 Å². The van der Waals surface area contributed by atoms with Crippen molar-refractivity contribution in [3.05, 3.63) is 57.3 Å². The van der Waals surface area contributed by atoms with Crippen LogP contribution in [0.5, 0.6) is 0 Å². The number of hydrogen-bond donors (Lipinski definition) is 1. The molecule has 1 N–H and O–H groups in total. The Hall–Kier alpha value is -1.42. The summed E-state index contributed by atoms with van der Waals surface area (Å²) >= 11 is 1.51. The number of benzene rings is 1. The van der Waals surface area contributed by atoms with E-state index < -0.39 is 33.6 Å². The van der Waals surface area contributed by atoms with Crippen molar-refractivity contribution in [3.8, 4) is 0 Å². The topological polar surface area (TPSA) is 55.4 Å². The van der Waals surface area contributed by atoms with E-state index in [4.69, 9.17) is 4.74 Å². The van der Waals surface area contributed by atoms with Crippen LogP contribution >= 0.6 is 11.3 Å². The summed E-state index contributed by atoms with van der Waals surface area (Å²) < 4.78 is 69.6. The zero-order valence-corrected chi connectivity index (χ0v) is 15.3. The second-order valence-electron chi connectivity index (χ2n) is 5.47. The Morgan fingerprint density at radius 2 is 1.80 bits per heavy atom. The Bertz CT molecular complexity index is 799. The first kappa shape index (κ1) is 19.9. The van der Waals surface area contributed by atoms with Gasteiger partial charge in [-0.25, -0.2) is 13.1 Å². The van der Waals surface area contributed by atoms with Crippen molar-refractivity contribution >= 4 is 21.4 Å². The largest absolute Gasteiger partial charge is 0.416 e. The highest BCUT2D eigenvalue weighted by atomic mass is 32.2. The second kappa shape index (κ2) is 7.86. The third kappa shape index (κ3) is 5.81. The zero-order valence-electron chi connectivity index (χ0n) is 13.6. The van der Waals surface area contributed by atoms with Crippen molar-refractivity contribution in [1.29, 1.82) is 0 Å². The molecule has 0 aliphatic carbocycles. The maximum atomic E-state index is 12.5. The van der Waals surface area contributed by atoms with Crippen LogP contribution in [0.1, 0.15) is 27.0 Å². The fourth-order valence-electron chi connectivity index (χ4n) is 2.19. The van der Waals surface area contributed by atoms with Crippen molar-refractivity contribution in [2.75, 3.05) is 13.7 Å². The van der Waals surface area contributed by atoms with E-state index in [2.05, 4.69) is 4.72 Å². The van der Waals surface area contributed by atoms with E-state index in [0.717, 1.165) is 21.9 Å². The summed E-state index contributed by atoms with van der Waals surface area (Å²) in [6.45, 7) is 2.00. The number of thiophene rings is 1. The highest BCUT2D eigenvalue weighted by molar-refractivity contribution is 7.88. The van der Waals surface area contributed by atoms with Gasteiger partial charge in [0.25, 0.3) is 0 Å². The molecule has 138 valence electrons. The van der Waals surface area contributed by atoms with Gasteiger partial charge in [-0.15, -0.1) is 11.3 Å². The fourth-order valence-corrected chi connectivity index (χ4v) is 4.28. The number of nitrogens with one attached hydrogen (secondary N) is 1. The lowest BCUT2D eigenvalue weighted by Gasteiger charge is -2.15. The molecule has 2 rings (SSSR count). The molecule has 0 saturated heterocycles. The molecule has 0 aliphatic heterocycles. The van der Waals surface area contributed by atoms with E-state index in [1.165, 1.54) is 30.6 Å². The average molecular weight is 393 g/mol. The van der Waals surface area contributed by atoms with Gasteiger partial charge in [0.2, 0.25) is 10.0 Å². The van der Waals surface area contributed by atoms with Crippen LogP contribution in [-0.4, -0.2) is 22.1 Å². The highest BCUT2D eigenvalue weighted by Crippen LogP contribution is 2.29. The molecule has 0 aliphatic rings. The van der Waals surface area contributed by atoms with Gasteiger partial charge < -0.3 is 4.74 Å². The normalized spacial score (nSPS) is 13.8. The predicted molar refractivity (Wildman–Crippen MR) is 90.9 cm³/mol. The summed E-state index contributed by atoms with van der Waals surface area (Å²) in [5, 5.41) is 0. The summed E-state index contributed by atoms with van der Waals surface area (Å²) in [4.78, 5) is 1.99. The number of rotatable bonds is 7. The van der Waals surface area contributed by atoms with E-state index in [1.54, 1.807) is 0 Å². The lowest BCUT2D eigenvalue weighted by atomic mass is 10.1. The Kier molecular flexibility index (Phi) is 6.26. The molecule has 2 aromatic rings. The van der Waals surface area contributed by atoms with E-state index in [9.17, 15) is 21.6 Å². The number of ether oxygens (including phenoxy) is 1. The van der Waals surface area contributed by atoms with Crippen molar-refractivity contribution < 1.29 is 26.3 Å². The quantitative estimate of drug-likeness (QED) is 0.777. The average Bonchev–Trinajstić information content (AvgIpc) is 2.93. The Morgan fingerprint density at radius 3 is 2.28 bits per heavy atom. The molecule has 25 heavy (non-hydrogen) atoms. The first-order chi connectivity index (χ1) is 11.6. The summed E-state index contributed by atoms with van der Waals surface area (Å²) in [6, 6.07) is 7.87. The molecule has 0 fully saturated rings. The van der Waals surface area contributed by atoms with E-state index in [-0.39, 0.29) is 12.1 Å². The van der Waals surface area contributed by atoms with Crippen LogP contribution in [0.4, 0.5) is 13.2 Å². The Labute approximate surface area is 148 Å². The van der Waals surface area contributed by atoms with E-state index in [1.807, 2.05) is 19.1 Å². The second-order valence-corrected chi connectivity index (χ2v) is 8.60. The zero-order chi connectivity index (χ0) is 18.7. The number of alkyl halides is 3. The van der Waals surface area contributed by atoms with E-state index in [0.29, 0.717) is 0 Å². The molecule has 0 spiro atoms. The predicted octanol–water partition coefficient (Wildman–Crippen LogP) is 3.88. The minimum absolute atomic E-state index is 0.0550. The van der Waals surface area contributed by atoms with Gasteiger partial charge in [0, 0.05) is 23.4 Å². The smallest absolute Gasteiger partial charge is 0.375 e. The number of halogens is 3. The van der Waals surface area contributed by atoms with Crippen LogP contribution in [-0.2, 0) is 26.7 Å². The summed E-state index contributed by atoms with van der Waals surface area (Å²) in [5.41, 5.74) is -0.532. The Morgan fingerprint density at radius 1 is 1.16 bits per heavy atom. The van der Waals surface area contributed by atoms with Crippen LogP contribution in [0.3, 0.4) is 0 Å². The SMILES string of the molecule is CO[C@@H](CNS(=O)(=O)Cc1ccc(C(F)(F)F)cc1)c1ccc(C)s1. The molecule has 4 nitrogen and oxygen atoms in total. The van der Waals surface area contributed by atoms with Gasteiger partial charge in [-0.1, -0.05) is 12.1 Å². The summed E-state index contributed by atoms with van der Waals surface area (Å²) in [6.07, 6.45) is -4.86. The molecule has 0 unspecified atom stereocenters. The minimum Gasteiger partial charge on any atom is -0.375 e. The number of methoxy groups -OCH3 is 1. The van der Waals surface area contributed by atoms with Crippen LogP contribution < -0.4 is 4.72 Å². The van der Waals surface area contributed by atoms with Crippen LogP contribution in [0.2, 0.25) is 0 Å². The Balaban J connectivity index is 1.99. The van der Waals surface area contributed by atoms with Gasteiger partial charge >= 0.3 is 6.18 Å². The van der Waals surface area contributed by atoms with Crippen molar-refractivity contribution in [1.82, 2.24) is 4.72 Å². The maximum absolute atomic E-state index is 12.5. The lowest BCUT2D eigenvalue weighted by molar-refractivity contribution is -0.137. The molecule has 0 amide bonds. The minimum atomic E-state index is -4.44. The maximum Gasteiger partial charge on any atom is 0.416 e. The monoisotopic (exact) mass is 393 g/mol. The molecule has 0 radical (unpaired) electrons. The number of hydrogen-bond acceptors (Lipinski definition) is 4. The van der Waals surface area contributed by atoms with Crippen molar-refractivity contribution in [2.45, 2.75) is 25.0 Å². The van der Waals surface area contributed by atoms with Gasteiger partial charge in [-0.2, -0.15) is 13.2 Å². The first-order valence-electron chi connectivity index (χ1n) is 7.33. The molecular weight excluding hydrogens is 375 g/mol. The molecule has 0 saturated carbocycles.